The van der Waals surface area contributed by atoms with Gasteiger partial charge < -0.3 is 16.0 Å². The van der Waals surface area contributed by atoms with E-state index in [4.69, 9.17) is 12.2 Å². The molecule has 1 amide bonds. The van der Waals surface area contributed by atoms with E-state index in [1.165, 1.54) is 11.8 Å². The number of para-hydroxylation sites is 1. The Morgan fingerprint density at radius 2 is 1.44 bits per heavy atom. The summed E-state index contributed by atoms with van der Waals surface area (Å²) in [5, 5.41) is 11.8. The minimum absolute atomic E-state index is 0.0361. The highest BCUT2D eigenvalue weighted by atomic mass is 32.2. The first kappa shape index (κ1) is 21.9. The first-order valence-corrected chi connectivity index (χ1v) is 11.6. The Balaban J connectivity index is 1.38. The Bertz CT molecular complexity index is 1240. The van der Waals surface area contributed by atoms with Gasteiger partial charge in [-0.1, -0.05) is 60.7 Å². The molecule has 0 fully saturated rings. The number of amides is 1. The lowest BCUT2D eigenvalue weighted by atomic mass is 10.1. The van der Waals surface area contributed by atoms with Crippen LogP contribution in [0.5, 0.6) is 0 Å². The molecule has 0 heterocycles. The first-order chi connectivity index (χ1) is 15.6. The SMILES string of the molecule is CC(Sc1cccc(NC(=S)Nc2ccccc2)c1)C(=O)Nc1cccc2ccccc12. The molecule has 1 atom stereocenters. The Hall–Kier alpha value is -3.35. The van der Waals surface area contributed by atoms with Gasteiger partial charge in [-0.05, 0) is 60.9 Å². The maximum Gasteiger partial charge on any atom is 0.237 e. The lowest BCUT2D eigenvalue weighted by molar-refractivity contribution is -0.115. The maximum absolute atomic E-state index is 12.8. The first-order valence-electron chi connectivity index (χ1n) is 10.3. The minimum Gasteiger partial charge on any atom is -0.332 e. The Morgan fingerprint density at radius 3 is 2.28 bits per heavy atom. The van der Waals surface area contributed by atoms with Gasteiger partial charge in [-0.3, -0.25) is 4.79 Å². The predicted molar refractivity (Wildman–Crippen MR) is 141 cm³/mol. The molecule has 0 spiro atoms. The second kappa shape index (κ2) is 10.3. The molecule has 4 nitrogen and oxygen atoms in total. The van der Waals surface area contributed by atoms with Crippen molar-refractivity contribution in [3.05, 3.63) is 97.1 Å². The van der Waals surface area contributed by atoms with Crippen LogP contribution in [0.1, 0.15) is 6.92 Å². The largest absolute Gasteiger partial charge is 0.332 e. The number of nitrogens with one attached hydrogen (secondary N) is 3. The van der Waals surface area contributed by atoms with Crippen molar-refractivity contribution in [3.63, 3.8) is 0 Å². The topological polar surface area (TPSA) is 53.2 Å². The van der Waals surface area contributed by atoms with E-state index in [-0.39, 0.29) is 11.2 Å². The second-order valence-corrected chi connectivity index (χ2v) is 9.07. The standard InChI is InChI=1S/C26H23N3OS2/c1-18(25(30)29-24-16-7-10-19-9-5-6-15-23(19)24)32-22-14-8-13-21(17-22)28-26(31)27-20-11-3-2-4-12-20/h2-18H,1H3,(H,29,30)(H2,27,28,31). The van der Waals surface area contributed by atoms with Gasteiger partial charge in [0.05, 0.1) is 5.25 Å². The number of rotatable bonds is 6. The summed E-state index contributed by atoms with van der Waals surface area (Å²) >= 11 is 6.91. The number of thioether (sulfide) groups is 1. The van der Waals surface area contributed by atoms with Crippen LogP contribution in [-0.4, -0.2) is 16.3 Å². The minimum atomic E-state index is -0.265. The number of thiocarbonyl (C=S) groups is 1. The third-order valence-electron chi connectivity index (χ3n) is 4.85. The monoisotopic (exact) mass is 457 g/mol. The van der Waals surface area contributed by atoms with Gasteiger partial charge in [-0.15, -0.1) is 11.8 Å². The van der Waals surface area contributed by atoms with Crippen molar-refractivity contribution < 1.29 is 4.79 Å². The van der Waals surface area contributed by atoms with E-state index in [1.54, 1.807) is 0 Å². The molecule has 3 N–H and O–H groups in total. The Morgan fingerprint density at radius 1 is 0.781 bits per heavy atom. The molecule has 0 radical (unpaired) electrons. The van der Waals surface area contributed by atoms with Crippen LogP contribution in [0.3, 0.4) is 0 Å². The number of hydrogen-bond donors (Lipinski definition) is 3. The normalized spacial score (nSPS) is 11.5. The lowest BCUT2D eigenvalue weighted by Gasteiger charge is -2.15. The van der Waals surface area contributed by atoms with E-state index in [2.05, 4.69) is 16.0 Å². The molecule has 0 aromatic heterocycles. The van der Waals surface area contributed by atoms with Gasteiger partial charge in [-0.2, -0.15) is 0 Å². The molecule has 1 unspecified atom stereocenters. The molecule has 4 aromatic carbocycles. The van der Waals surface area contributed by atoms with Crippen LogP contribution in [0.2, 0.25) is 0 Å². The molecule has 0 saturated carbocycles. The number of carbonyl (C=O) groups excluding carboxylic acids is 1. The highest BCUT2D eigenvalue weighted by Gasteiger charge is 2.16. The molecular formula is C26H23N3OS2. The number of benzene rings is 4. The molecule has 6 heteroatoms. The van der Waals surface area contributed by atoms with Crippen molar-refractivity contribution in [1.82, 2.24) is 0 Å². The maximum atomic E-state index is 12.8. The number of carbonyl (C=O) groups is 1. The summed E-state index contributed by atoms with van der Waals surface area (Å²) in [5.41, 5.74) is 2.62. The molecule has 0 aliphatic carbocycles. The van der Waals surface area contributed by atoms with Crippen LogP contribution in [0.15, 0.2) is 102 Å². The summed E-state index contributed by atoms with van der Waals surface area (Å²) in [6, 6.07) is 31.6. The molecule has 0 saturated heterocycles. The van der Waals surface area contributed by atoms with E-state index in [1.807, 2.05) is 104 Å². The lowest BCUT2D eigenvalue weighted by Crippen LogP contribution is -2.22. The van der Waals surface area contributed by atoms with Crippen molar-refractivity contribution in [2.45, 2.75) is 17.1 Å². The predicted octanol–water partition coefficient (Wildman–Crippen LogP) is 6.77. The number of fused-ring (bicyclic) bond motifs is 1. The van der Waals surface area contributed by atoms with Gasteiger partial charge >= 0.3 is 0 Å². The van der Waals surface area contributed by atoms with Crippen LogP contribution in [0.4, 0.5) is 17.1 Å². The fourth-order valence-corrected chi connectivity index (χ4v) is 4.45. The van der Waals surface area contributed by atoms with Crippen molar-refractivity contribution in [2.24, 2.45) is 0 Å². The van der Waals surface area contributed by atoms with Gasteiger partial charge in [-0.25, -0.2) is 0 Å². The third-order valence-corrected chi connectivity index (χ3v) is 6.15. The molecule has 32 heavy (non-hydrogen) atoms. The summed E-state index contributed by atoms with van der Waals surface area (Å²) in [5.74, 6) is -0.0361. The smallest absolute Gasteiger partial charge is 0.237 e. The van der Waals surface area contributed by atoms with Gasteiger partial charge in [0, 0.05) is 27.3 Å². The highest BCUT2D eigenvalue weighted by Crippen LogP contribution is 2.28. The van der Waals surface area contributed by atoms with Crippen LogP contribution >= 0.6 is 24.0 Å². The zero-order valence-electron chi connectivity index (χ0n) is 17.5. The van der Waals surface area contributed by atoms with E-state index in [9.17, 15) is 4.79 Å². The van der Waals surface area contributed by atoms with Crippen LogP contribution in [0, 0.1) is 0 Å². The molecule has 160 valence electrons. The average Bonchev–Trinajstić information content (AvgIpc) is 2.80. The van der Waals surface area contributed by atoms with Crippen molar-refractivity contribution in [1.29, 1.82) is 0 Å². The van der Waals surface area contributed by atoms with Crippen LogP contribution in [0.25, 0.3) is 10.8 Å². The van der Waals surface area contributed by atoms with Crippen molar-refractivity contribution in [2.75, 3.05) is 16.0 Å². The van der Waals surface area contributed by atoms with Crippen LogP contribution < -0.4 is 16.0 Å². The fraction of sp³-hybridized carbons (Fsp3) is 0.0769. The zero-order valence-corrected chi connectivity index (χ0v) is 19.2. The quantitative estimate of drug-likeness (QED) is 0.220. The van der Waals surface area contributed by atoms with Crippen molar-refractivity contribution >= 4 is 62.8 Å². The molecule has 0 aliphatic rings. The van der Waals surface area contributed by atoms with Crippen molar-refractivity contribution in [3.8, 4) is 0 Å². The van der Waals surface area contributed by atoms with Gasteiger partial charge in [0.2, 0.25) is 5.91 Å². The summed E-state index contributed by atoms with van der Waals surface area (Å²) < 4.78 is 0. The van der Waals surface area contributed by atoms with Crippen LogP contribution in [-0.2, 0) is 4.79 Å². The average molecular weight is 458 g/mol. The van der Waals surface area contributed by atoms with Gasteiger partial charge in [0.1, 0.15) is 0 Å². The summed E-state index contributed by atoms with van der Waals surface area (Å²) in [6.45, 7) is 1.91. The van der Waals surface area contributed by atoms with Gasteiger partial charge in [0.25, 0.3) is 0 Å². The fourth-order valence-electron chi connectivity index (χ4n) is 3.29. The zero-order chi connectivity index (χ0) is 22.3. The third kappa shape index (κ3) is 5.66. The van der Waals surface area contributed by atoms with E-state index >= 15 is 0 Å². The summed E-state index contributed by atoms with van der Waals surface area (Å²) in [6.07, 6.45) is 0. The molecule has 0 aliphatic heterocycles. The molecule has 0 bridgehead atoms. The molecule has 4 aromatic rings. The molecule has 4 rings (SSSR count). The van der Waals surface area contributed by atoms with E-state index in [0.717, 1.165) is 32.7 Å². The number of anilines is 3. The highest BCUT2D eigenvalue weighted by molar-refractivity contribution is 8.00. The second-order valence-electron chi connectivity index (χ2n) is 7.25. The number of hydrogen-bond acceptors (Lipinski definition) is 3. The summed E-state index contributed by atoms with van der Waals surface area (Å²) in [4.78, 5) is 13.8. The Labute approximate surface area is 197 Å². The van der Waals surface area contributed by atoms with E-state index < -0.39 is 0 Å². The summed E-state index contributed by atoms with van der Waals surface area (Å²) in [7, 11) is 0. The van der Waals surface area contributed by atoms with E-state index in [0.29, 0.717) is 5.11 Å². The van der Waals surface area contributed by atoms with Gasteiger partial charge in [0.15, 0.2) is 5.11 Å². The molecular weight excluding hydrogens is 434 g/mol. The Kier molecular flexibility index (Phi) is 7.04.